The summed E-state index contributed by atoms with van der Waals surface area (Å²) < 4.78 is 26.1. The molecule has 19 heavy (non-hydrogen) atoms. The fraction of sp³-hybridized carbons (Fsp3) is 0.250. The Morgan fingerprint density at radius 2 is 1.89 bits per heavy atom. The van der Waals surface area contributed by atoms with E-state index in [0.717, 1.165) is 12.0 Å². The van der Waals surface area contributed by atoms with Crippen LogP contribution in [0.1, 0.15) is 22.6 Å². The fourth-order valence-corrected chi connectivity index (χ4v) is 3.50. The second-order valence-electron chi connectivity index (χ2n) is 4.98. The Morgan fingerprint density at radius 1 is 1.11 bits per heavy atom. The van der Waals surface area contributed by atoms with Gasteiger partial charge < -0.3 is 0 Å². The lowest BCUT2D eigenvalue weighted by Gasteiger charge is -2.34. The molecule has 0 bridgehead atoms. The molecule has 0 nitrogen and oxygen atoms in total. The van der Waals surface area contributed by atoms with E-state index in [1.54, 1.807) is 6.07 Å². The second kappa shape index (κ2) is 5.04. The van der Waals surface area contributed by atoms with E-state index in [1.165, 1.54) is 23.3 Å². The number of benzene rings is 2. The topological polar surface area (TPSA) is 0 Å². The molecule has 0 spiro atoms. The van der Waals surface area contributed by atoms with Gasteiger partial charge in [-0.3, -0.25) is 0 Å². The van der Waals surface area contributed by atoms with Crippen LogP contribution in [0.4, 0.5) is 8.78 Å². The summed E-state index contributed by atoms with van der Waals surface area (Å²) in [6.07, 6.45) is 1.76. The van der Waals surface area contributed by atoms with Crippen LogP contribution in [-0.2, 0) is 12.8 Å². The van der Waals surface area contributed by atoms with Gasteiger partial charge >= 0.3 is 0 Å². The number of halogens is 3. The van der Waals surface area contributed by atoms with E-state index in [4.69, 9.17) is 0 Å². The lowest BCUT2D eigenvalue weighted by atomic mass is 9.75. The molecule has 0 aliphatic heterocycles. The Labute approximate surface area is 119 Å². The van der Waals surface area contributed by atoms with Crippen LogP contribution in [0.15, 0.2) is 42.5 Å². The molecule has 2 unspecified atom stereocenters. The van der Waals surface area contributed by atoms with Crippen LogP contribution in [0, 0.1) is 11.6 Å². The van der Waals surface area contributed by atoms with E-state index in [1.807, 2.05) is 12.1 Å². The Morgan fingerprint density at radius 3 is 2.63 bits per heavy atom. The van der Waals surface area contributed by atoms with Crippen molar-refractivity contribution in [1.82, 2.24) is 0 Å². The van der Waals surface area contributed by atoms with Gasteiger partial charge in [-0.05, 0) is 41.7 Å². The van der Waals surface area contributed by atoms with Crippen molar-refractivity contribution >= 4 is 15.9 Å². The minimum absolute atomic E-state index is 0.257. The maximum atomic E-state index is 13.2. The first-order valence-electron chi connectivity index (χ1n) is 6.31. The third kappa shape index (κ3) is 2.44. The summed E-state index contributed by atoms with van der Waals surface area (Å²) in [6.45, 7) is 0. The fourth-order valence-electron chi connectivity index (χ4n) is 2.65. The lowest BCUT2D eigenvalue weighted by Crippen LogP contribution is -2.26. The van der Waals surface area contributed by atoms with Crippen LogP contribution in [-0.4, -0.2) is 4.83 Å². The first-order chi connectivity index (χ1) is 9.15. The minimum atomic E-state index is -0.788. The van der Waals surface area contributed by atoms with Crippen LogP contribution in [0.5, 0.6) is 0 Å². The zero-order chi connectivity index (χ0) is 13.4. The zero-order valence-corrected chi connectivity index (χ0v) is 11.8. The summed E-state index contributed by atoms with van der Waals surface area (Å²) >= 11 is 3.69. The summed E-state index contributed by atoms with van der Waals surface area (Å²) in [5.41, 5.74) is 3.58. The van der Waals surface area contributed by atoms with Crippen LogP contribution < -0.4 is 0 Å². The van der Waals surface area contributed by atoms with E-state index < -0.39 is 11.6 Å². The van der Waals surface area contributed by atoms with Gasteiger partial charge in [-0.1, -0.05) is 46.3 Å². The Hall–Kier alpha value is -1.22. The summed E-state index contributed by atoms with van der Waals surface area (Å²) in [4.78, 5) is 0.257. The van der Waals surface area contributed by atoms with Crippen molar-refractivity contribution in [2.45, 2.75) is 23.6 Å². The van der Waals surface area contributed by atoms with Crippen LogP contribution in [0.2, 0.25) is 0 Å². The minimum Gasteiger partial charge on any atom is -0.204 e. The van der Waals surface area contributed by atoms with Gasteiger partial charge in [0.25, 0.3) is 0 Å². The molecule has 3 heteroatoms. The lowest BCUT2D eigenvalue weighted by molar-refractivity contribution is 0.505. The predicted octanol–water partition coefficient (Wildman–Crippen LogP) is 4.61. The maximum Gasteiger partial charge on any atom is 0.159 e. The molecule has 2 aromatic rings. The average Bonchev–Trinajstić information content (AvgIpc) is 2.35. The molecule has 0 radical (unpaired) electrons. The second-order valence-corrected chi connectivity index (χ2v) is 6.15. The van der Waals surface area contributed by atoms with Gasteiger partial charge in [0.15, 0.2) is 11.6 Å². The standard InChI is InChI=1S/C16H13BrF2/c17-14(7-10-5-6-15(18)16(19)8-10)13-9-11-3-1-2-4-12(11)13/h1-6,8,13-14H,7,9H2. The molecule has 2 atom stereocenters. The van der Waals surface area contributed by atoms with E-state index in [9.17, 15) is 8.78 Å². The maximum absolute atomic E-state index is 13.2. The number of fused-ring (bicyclic) bond motifs is 1. The average molecular weight is 323 g/mol. The first kappa shape index (κ1) is 12.8. The third-order valence-electron chi connectivity index (χ3n) is 3.75. The molecule has 0 heterocycles. The summed E-state index contributed by atoms with van der Waals surface area (Å²) in [5.74, 6) is -1.10. The molecule has 2 aromatic carbocycles. The molecule has 1 aliphatic carbocycles. The van der Waals surface area contributed by atoms with E-state index in [2.05, 4.69) is 28.1 Å². The summed E-state index contributed by atoms with van der Waals surface area (Å²) in [7, 11) is 0. The van der Waals surface area contributed by atoms with Crippen LogP contribution >= 0.6 is 15.9 Å². The number of hydrogen-bond donors (Lipinski definition) is 0. The van der Waals surface area contributed by atoms with Crippen molar-refractivity contribution in [2.75, 3.05) is 0 Å². The Bertz CT molecular complexity index is 609. The van der Waals surface area contributed by atoms with Gasteiger partial charge in [0.05, 0.1) is 0 Å². The van der Waals surface area contributed by atoms with Crippen molar-refractivity contribution in [1.29, 1.82) is 0 Å². The van der Waals surface area contributed by atoms with E-state index in [-0.39, 0.29) is 4.83 Å². The molecule has 0 saturated carbocycles. The first-order valence-corrected chi connectivity index (χ1v) is 7.22. The highest BCUT2D eigenvalue weighted by molar-refractivity contribution is 9.09. The molecular weight excluding hydrogens is 310 g/mol. The highest BCUT2D eigenvalue weighted by Crippen LogP contribution is 2.41. The summed E-state index contributed by atoms with van der Waals surface area (Å²) in [5, 5.41) is 0. The van der Waals surface area contributed by atoms with Crippen LogP contribution in [0.25, 0.3) is 0 Å². The quantitative estimate of drug-likeness (QED) is 0.724. The van der Waals surface area contributed by atoms with Crippen molar-refractivity contribution in [3.63, 3.8) is 0 Å². The van der Waals surface area contributed by atoms with Crippen molar-refractivity contribution < 1.29 is 8.78 Å². The number of hydrogen-bond acceptors (Lipinski definition) is 0. The smallest absolute Gasteiger partial charge is 0.159 e. The SMILES string of the molecule is Fc1ccc(CC(Br)C2Cc3ccccc32)cc1F. The largest absolute Gasteiger partial charge is 0.204 e. The molecule has 1 aliphatic rings. The van der Waals surface area contributed by atoms with Gasteiger partial charge in [-0.15, -0.1) is 0 Å². The van der Waals surface area contributed by atoms with Crippen molar-refractivity contribution in [3.8, 4) is 0 Å². The normalized spacial score (nSPS) is 18.6. The summed E-state index contributed by atoms with van der Waals surface area (Å²) in [6, 6.07) is 12.5. The highest BCUT2D eigenvalue weighted by Gasteiger charge is 2.31. The Balaban J connectivity index is 1.73. The number of rotatable bonds is 3. The number of alkyl halides is 1. The predicted molar refractivity (Wildman–Crippen MR) is 75.7 cm³/mol. The molecule has 3 rings (SSSR count). The monoisotopic (exact) mass is 322 g/mol. The molecule has 0 N–H and O–H groups in total. The zero-order valence-electron chi connectivity index (χ0n) is 10.2. The van der Waals surface area contributed by atoms with Gasteiger partial charge in [-0.2, -0.15) is 0 Å². The molecular formula is C16H13BrF2. The molecule has 0 fully saturated rings. The molecule has 98 valence electrons. The van der Waals surface area contributed by atoms with E-state index in [0.29, 0.717) is 12.3 Å². The molecule has 0 saturated heterocycles. The Kier molecular flexibility index (Phi) is 3.40. The third-order valence-corrected chi connectivity index (χ3v) is 4.71. The molecule has 0 amide bonds. The van der Waals surface area contributed by atoms with E-state index >= 15 is 0 Å². The van der Waals surface area contributed by atoms with Crippen molar-refractivity contribution in [2.24, 2.45) is 0 Å². The van der Waals surface area contributed by atoms with Crippen LogP contribution in [0.3, 0.4) is 0 Å². The van der Waals surface area contributed by atoms with Gasteiger partial charge in [0.1, 0.15) is 0 Å². The van der Waals surface area contributed by atoms with Gasteiger partial charge in [-0.25, -0.2) is 8.78 Å². The van der Waals surface area contributed by atoms with Gasteiger partial charge in [0.2, 0.25) is 0 Å². The molecule has 0 aromatic heterocycles. The highest BCUT2D eigenvalue weighted by atomic mass is 79.9. The van der Waals surface area contributed by atoms with Gasteiger partial charge in [0, 0.05) is 10.7 Å². The van der Waals surface area contributed by atoms with Crippen molar-refractivity contribution in [3.05, 3.63) is 70.8 Å².